The van der Waals surface area contributed by atoms with Crippen LogP contribution in [0, 0.1) is 0 Å². The van der Waals surface area contributed by atoms with Crippen LogP contribution in [0.15, 0.2) is 24.4 Å². The number of nitrogens with one attached hydrogen (secondary N) is 1. The minimum absolute atomic E-state index is 0.0241. The van der Waals surface area contributed by atoms with Crippen LogP contribution < -0.4 is 11.1 Å². The van der Waals surface area contributed by atoms with Gasteiger partial charge in [0.1, 0.15) is 0 Å². The van der Waals surface area contributed by atoms with Crippen LogP contribution in [0.5, 0.6) is 0 Å². The first-order valence-electron chi connectivity index (χ1n) is 6.36. The van der Waals surface area contributed by atoms with E-state index in [0.717, 1.165) is 25.1 Å². The van der Waals surface area contributed by atoms with Crippen molar-refractivity contribution in [3.63, 3.8) is 0 Å². The van der Waals surface area contributed by atoms with Gasteiger partial charge in [-0.05, 0) is 31.5 Å². The zero-order chi connectivity index (χ0) is 13.0. The summed E-state index contributed by atoms with van der Waals surface area (Å²) in [6.07, 6.45) is 3.69. The third-order valence-electron chi connectivity index (χ3n) is 3.50. The quantitative estimate of drug-likeness (QED) is 0.803. The number of carbonyl (C=O) groups is 1. The number of nitrogens with two attached hydrogens (primary N) is 1. The van der Waals surface area contributed by atoms with E-state index in [-0.39, 0.29) is 18.0 Å². The highest BCUT2D eigenvalue weighted by Crippen LogP contribution is 2.27. The van der Waals surface area contributed by atoms with Crippen LogP contribution in [0.2, 0.25) is 0 Å². The van der Waals surface area contributed by atoms with Gasteiger partial charge in [0.2, 0.25) is 5.91 Å². The maximum absolute atomic E-state index is 11.9. The molecule has 0 radical (unpaired) electrons. The number of rotatable bonds is 4. The standard InChI is InChI=1S/C13H20N4O/c1-15-13(18)11-6-4-8-17(11)12(9-14)10-5-2-3-7-16-10/h2-3,5,7,11-12H,4,6,8-9,14H2,1H3,(H,15,18). The molecule has 0 bridgehead atoms. The van der Waals surface area contributed by atoms with Crippen LogP contribution in [0.4, 0.5) is 0 Å². The SMILES string of the molecule is CNC(=O)C1CCCN1C(CN)c1ccccn1. The molecule has 2 unspecified atom stereocenters. The van der Waals surface area contributed by atoms with Crippen molar-refractivity contribution in [2.24, 2.45) is 5.73 Å². The molecule has 1 aliphatic heterocycles. The summed E-state index contributed by atoms with van der Waals surface area (Å²) in [7, 11) is 1.68. The second-order valence-electron chi connectivity index (χ2n) is 4.52. The lowest BCUT2D eigenvalue weighted by Crippen LogP contribution is -2.45. The van der Waals surface area contributed by atoms with Gasteiger partial charge in [-0.15, -0.1) is 0 Å². The van der Waals surface area contributed by atoms with Gasteiger partial charge in [-0.2, -0.15) is 0 Å². The highest BCUT2D eigenvalue weighted by molar-refractivity contribution is 5.81. The lowest BCUT2D eigenvalue weighted by Gasteiger charge is -2.30. The maximum atomic E-state index is 11.9. The lowest BCUT2D eigenvalue weighted by molar-refractivity contribution is -0.125. The van der Waals surface area contributed by atoms with Crippen molar-refractivity contribution >= 4 is 5.91 Å². The predicted molar refractivity (Wildman–Crippen MR) is 69.8 cm³/mol. The first kappa shape index (κ1) is 13.0. The second-order valence-corrected chi connectivity index (χ2v) is 4.52. The molecule has 1 fully saturated rings. The van der Waals surface area contributed by atoms with Crippen molar-refractivity contribution < 1.29 is 4.79 Å². The van der Waals surface area contributed by atoms with Gasteiger partial charge >= 0.3 is 0 Å². The van der Waals surface area contributed by atoms with Gasteiger partial charge < -0.3 is 11.1 Å². The molecule has 1 aliphatic rings. The van der Waals surface area contributed by atoms with E-state index in [1.54, 1.807) is 13.2 Å². The number of hydrogen-bond acceptors (Lipinski definition) is 4. The highest BCUT2D eigenvalue weighted by Gasteiger charge is 2.35. The van der Waals surface area contributed by atoms with Crippen LogP contribution in [0.1, 0.15) is 24.6 Å². The molecule has 2 heterocycles. The van der Waals surface area contributed by atoms with Crippen LogP contribution in [-0.4, -0.2) is 42.0 Å². The molecule has 5 nitrogen and oxygen atoms in total. The Kier molecular flexibility index (Phi) is 4.28. The summed E-state index contributed by atoms with van der Waals surface area (Å²) < 4.78 is 0. The first-order chi connectivity index (χ1) is 8.77. The maximum Gasteiger partial charge on any atom is 0.237 e. The molecule has 0 aromatic carbocycles. The fourth-order valence-corrected chi connectivity index (χ4v) is 2.61. The van der Waals surface area contributed by atoms with Gasteiger partial charge in [0, 0.05) is 19.8 Å². The molecule has 1 aromatic rings. The van der Waals surface area contributed by atoms with Crippen LogP contribution in [-0.2, 0) is 4.79 Å². The number of nitrogens with zero attached hydrogens (tertiary/aromatic N) is 2. The normalized spacial score (nSPS) is 21.8. The Morgan fingerprint density at radius 3 is 3.11 bits per heavy atom. The number of aromatic nitrogens is 1. The fraction of sp³-hybridized carbons (Fsp3) is 0.538. The topological polar surface area (TPSA) is 71.2 Å². The molecular weight excluding hydrogens is 228 g/mol. The summed E-state index contributed by atoms with van der Waals surface area (Å²) >= 11 is 0. The molecule has 1 amide bonds. The van der Waals surface area contributed by atoms with E-state index in [9.17, 15) is 4.79 Å². The molecule has 3 N–H and O–H groups in total. The van der Waals surface area contributed by atoms with Gasteiger partial charge in [0.15, 0.2) is 0 Å². The lowest BCUT2D eigenvalue weighted by atomic mass is 10.1. The summed E-state index contributed by atoms with van der Waals surface area (Å²) in [4.78, 5) is 18.4. The zero-order valence-corrected chi connectivity index (χ0v) is 10.7. The Bertz CT molecular complexity index is 395. The van der Waals surface area contributed by atoms with Crippen LogP contribution >= 0.6 is 0 Å². The first-order valence-corrected chi connectivity index (χ1v) is 6.36. The number of pyridine rings is 1. The number of likely N-dealkylation sites (N-methyl/N-ethyl adjacent to an activating group) is 1. The Balaban J connectivity index is 2.19. The van der Waals surface area contributed by atoms with Crippen molar-refractivity contribution in [3.05, 3.63) is 30.1 Å². The largest absolute Gasteiger partial charge is 0.358 e. The highest BCUT2D eigenvalue weighted by atomic mass is 16.2. The third kappa shape index (κ3) is 2.52. The van der Waals surface area contributed by atoms with Crippen molar-refractivity contribution in [3.8, 4) is 0 Å². The van der Waals surface area contributed by atoms with E-state index >= 15 is 0 Å². The molecule has 2 rings (SSSR count). The average molecular weight is 248 g/mol. The summed E-state index contributed by atoms with van der Waals surface area (Å²) in [6.45, 7) is 1.38. The zero-order valence-electron chi connectivity index (χ0n) is 10.7. The smallest absolute Gasteiger partial charge is 0.237 e. The number of carbonyl (C=O) groups excluding carboxylic acids is 1. The monoisotopic (exact) mass is 248 g/mol. The van der Waals surface area contributed by atoms with E-state index < -0.39 is 0 Å². The molecule has 5 heteroatoms. The Morgan fingerprint density at radius 1 is 1.67 bits per heavy atom. The molecule has 0 spiro atoms. The van der Waals surface area contributed by atoms with Gasteiger partial charge in [-0.1, -0.05) is 6.07 Å². The fourth-order valence-electron chi connectivity index (χ4n) is 2.61. The summed E-state index contributed by atoms with van der Waals surface area (Å²) in [5, 5.41) is 2.73. The third-order valence-corrected chi connectivity index (χ3v) is 3.50. The number of hydrogen-bond donors (Lipinski definition) is 2. The second kappa shape index (κ2) is 5.93. The van der Waals surface area contributed by atoms with Crippen molar-refractivity contribution in [1.29, 1.82) is 0 Å². The minimum Gasteiger partial charge on any atom is -0.358 e. The number of amides is 1. The van der Waals surface area contributed by atoms with Crippen molar-refractivity contribution in [2.45, 2.75) is 24.9 Å². The Hall–Kier alpha value is -1.46. The predicted octanol–water partition coefficient (Wildman–Crippen LogP) is 0.292. The molecule has 0 aliphatic carbocycles. The average Bonchev–Trinajstić information content (AvgIpc) is 2.89. The van der Waals surface area contributed by atoms with E-state index in [2.05, 4.69) is 15.2 Å². The molecule has 18 heavy (non-hydrogen) atoms. The van der Waals surface area contributed by atoms with Gasteiger partial charge in [0.05, 0.1) is 17.8 Å². The summed E-state index contributed by atoms with van der Waals surface area (Å²) in [6, 6.07) is 5.76. The molecule has 2 atom stereocenters. The van der Waals surface area contributed by atoms with Crippen molar-refractivity contribution in [2.75, 3.05) is 20.1 Å². The van der Waals surface area contributed by atoms with Gasteiger partial charge in [-0.3, -0.25) is 14.7 Å². The molecular formula is C13H20N4O. The van der Waals surface area contributed by atoms with E-state index in [4.69, 9.17) is 5.73 Å². The molecule has 98 valence electrons. The van der Waals surface area contributed by atoms with Gasteiger partial charge in [0.25, 0.3) is 0 Å². The molecule has 1 aromatic heterocycles. The Labute approximate surface area is 107 Å². The molecule has 1 saturated heterocycles. The minimum atomic E-state index is -0.0782. The van der Waals surface area contributed by atoms with Crippen molar-refractivity contribution in [1.82, 2.24) is 15.2 Å². The van der Waals surface area contributed by atoms with Gasteiger partial charge in [-0.25, -0.2) is 0 Å². The number of likely N-dealkylation sites (tertiary alicyclic amines) is 1. The van der Waals surface area contributed by atoms with E-state index in [0.29, 0.717) is 6.54 Å². The summed E-state index contributed by atoms with van der Waals surface area (Å²) in [5.74, 6) is 0.0712. The van der Waals surface area contributed by atoms with E-state index in [1.807, 2.05) is 18.2 Å². The van der Waals surface area contributed by atoms with Crippen LogP contribution in [0.25, 0.3) is 0 Å². The Morgan fingerprint density at radius 2 is 2.50 bits per heavy atom. The van der Waals surface area contributed by atoms with E-state index in [1.165, 1.54) is 0 Å². The van der Waals surface area contributed by atoms with Crippen LogP contribution in [0.3, 0.4) is 0 Å². The summed E-state index contributed by atoms with van der Waals surface area (Å²) in [5.41, 5.74) is 6.82. The molecule has 0 saturated carbocycles.